The number of halogens is 5. The Balaban J connectivity index is 2.83. The van der Waals surface area contributed by atoms with Crippen LogP contribution in [0.1, 0.15) is 12.2 Å². The van der Waals surface area contributed by atoms with Gasteiger partial charge in [-0.15, -0.1) is 0 Å². The summed E-state index contributed by atoms with van der Waals surface area (Å²) in [6.07, 6.45) is -1.81. The average Bonchev–Trinajstić information content (AvgIpc) is 2.23. The molecule has 3 nitrogen and oxygen atoms in total. The van der Waals surface area contributed by atoms with Crippen molar-refractivity contribution in [3.8, 4) is 0 Å². The van der Waals surface area contributed by atoms with Gasteiger partial charge in [0, 0.05) is 6.20 Å². The number of hydrogen-bond donors (Lipinski definition) is 0. The molecule has 0 aromatic carbocycles. The second kappa shape index (κ2) is 4.03. The predicted molar refractivity (Wildman–Crippen MR) is 52.3 cm³/mol. The first-order valence-corrected chi connectivity index (χ1v) is 4.71. The van der Waals surface area contributed by atoms with Gasteiger partial charge in [-0.05, 0) is 0 Å². The molecular formula is C8H2Cl2F3N3. The highest BCUT2D eigenvalue weighted by Gasteiger charge is 2.18. The van der Waals surface area contributed by atoms with Crippen LogP contribution in [0.25, 0.3) is 10.9 Å². The molecule has 0 saturated carbocycles. The number of rotatable bonds is 1. The SMILES string of the molecule is Fc1c(Cl)ncc2c(Cl)nc(C(F)F)nc12. The largest absolute Gasteiger partial charge is 0.297 e. The summed E-state index contributed by atoms with van der Waals surface area (Å²) in [6, 6.07) is 0. The Morgan fingerprint density at radius 3 is 2.44 bits per heavy atom. The van der Waals surface area contributed by atoms with Crippen LogP contribution in [0.2, 0.25) is 10.3 Å². The quantitative estimate of drug-likeness (QED) is 0.587. The van der Waals surface area contributed by atoms with Gasteiger partial charge in [-0.2, -0.15) is 0 Å². The lowest BCUT2D eigenvalue weighted by atomic mass is 10.3. The normalized spacial score (nSPS) is 11.4. The third kappa shape index (κ3) is 1.78. The average molecular weight is 268 g/mol. The number of aromatic nitrogens is 3. The fraction of sp³-hybridized carbons (Fsp3) is 0.125. The second-order valence-corrected chi connectivity index (χ2v) is 3.51. The Morgan fingerprint density at radius 2 is 1.81 bits per heavy atom. The molecule has 2 aromatic rings. The van der Waals surface area contributed by atoms with Crippen LogP contribution >= 0.6 is 23.2 Å². The van der Waals surface area contributed by atoms with Gasteiger partial charge in [0.25, 0.3) is 6.43 Å². The maximum absolute atomic E-state index is 13.4. The molecule has 0 N–H and O–H groups in total. The lowest BCUT2D eigenvalue weighted by molar-refractivity contribution is 0.140. The summed E-state index contributed by atoms with van der Waals surface area (Å²) >= 11 is 11.0. The smallest absolute Gasteiger partial charge is 0.241 e. The van der Waals surface area contributed by atoms with E-state index in [4.69, 9.17) is 23.2 Å². The van der Waals surface area contributed by atoms with Gasteiger partial charge >= 0.3 is 0 Å². The predicted octanol–water partition coefficient (Wildman–Crippen LogP) is 3.41. The summed E-state index contributed by atoms with van der Waals surface area (Å²) in [7, 11) is 0. The van der Waals surface area contributed by atoms with Gasteiger partial charge in [0.1, 0.15) is 10.7 Å². The molecule has 0 radical (unpaired) electrons. The third-order valence-corrected chi connectivity index (χ3v) is 2.36. The van der Waals surface area contributed by atoms with E-state index in [1.54, 1.807) is 0 Å². The molecule has 2 rings (SSSR count). The van der Waals surface area contributed by atoms with Crippen molar-refractivity contribution in [3.05, 3.63) is 28.1 Å². The zero-order valence-corrected chi connectivity index (χ0v) is 8.90. The molecule has 0 spiro atoms. The van der Waals surface area contributed by atoms with E-state index in [2.05, 4.69) is 15.0 Å². The minimum absolute atomic E-state index is 0.0352. The molecule has 84 valence electrons. The monoisotopic (exact) mass is 267 g/mol. The van der Waals surface area contributed by atoms with E-state index >= 15 is 0 Å². The molecule has 0 bridgehead atoms. The van der Waals surface area contributed by atoms with Gasteiger partial charge in [-0.1, -0.05) is 23.2 Å². The Labute approximate surface area is 97.2 Å². The van der Waals surface area contributed by atoms with Crippen LogP contribution < -0.4 is 0 Å². The maximum atomic E-state index is 13.4. The first-order valence-electron chi connectivity index (χ1n) is 3.96. The van der Waals surface area contributed by atoms with Crippen LogP contribution in [0.4, 0.5) is 13.2 Å². The lowest BCUT2D eigenvalue weighted by Crippen LogP contribution is -1.99. The van der Waals surface area contributed by atoms with Gasteiger partial charge in [-0.3, -0.25) is 0 Å². The Morgan fingerprint density at radius 1 is 1.12 bits per heavy atom. The van der Waals surface area contributed by atoms with E-state index < -0.39 is 23.2 Å². The first kappa shape index (κ1) is 11.3. The Hall–Kier alpha value is -1.14. The van der Waals surface area contributed by atoms with Crippen molar-refractivity contribution in [2.45, 2.75) is 6.43 Å². The molecule has 0 aliphatic carbocycles. The summed E-state index contributed by atoms with van der Waals surface area (Å²) in [6.45, 7) is 0. The van der Waals surface area contributed by atoms with Gasteiger partial charge in [0.2, 0.25) is 0 Å². The van der Waals surface area contributed by atoms with Gasteiger partial charge < -0.3 is 0 Å². The van der Waals surface area contributed by atoms with E-state index in [9.17, 15) is 13.2 Å². The zero-order chi connectivity index (χ0) is 11.9. The van der Waals surface area contributed by atoms with Crippen molar-refractivity contribution in [1.82, 2.24) is 15.0 Å². The van der Waals surface area contributed by atoms with E-state index in [-0.39, 0.29) is 16.1 Å². The fourth-order valence-corrected chi connectivity index (χ4v) is 1.48. The van der Waals surface area contributed by atoms with E-state index in [1.807, 2.05) is 0 Å². The number of fused-ring (bicyclic) bond motifs is 1. The molecule has 0 fully saturated rings. The lowest BCUT2D eigenvalue weighted by Gasteiger charge is -2.04. The van der Waals surface area contributed by atoms with Crippen molar-refractivity contribution in [1.29, 1.82) is 0 Å². The Bertz CT molecular complexity index is 562. The highest BCUT2D eigenvalue weighted by Crippen LogP contribution is 2.27. The summed E-state index contributed by atoms with van der Waals surface area (Å²) in [5, 5.41) is -0.709. The highest BCUT2D eigenvalue weighted by atomic mass is 35.5. The number of hydrogen-bond acceptors (Lipinski definition) is 3. The Kier molecular flexibility index (Phi) is 2.86. The van der Waals surface area contributed by atoms with E-state index in [0.717, 1.165) is 6.20 Å². The van der Waals surface area contributed by atoms with Crippen molar-refractivity contribution in [2.24, 2.45) is 0 Å². The standard InChI is InChI=1S/C8H2Cl2F3N3/c9-5-2-1-14-6(10)3(11)4(2)15-8(16-5)7(12)13/h1,7H. The minimum atomic E-state index is -2.94. The van der Waals surface area contributed by atoms with Crippen LogP contribution in [0.15, 0.2) is 6.20 Å². The van der Waals surface area contributed by atoms with E-state index in [1.165, 1.54) is 0 Å². The molecule has 2 heterocycles. The maximum Gasteiger partial charge on any atom is 0.297 e. The first-order chi connectivity index (χ1) is 7.50. The molecule has 8 heteroatoms. The van der Waals surface area contributed by atoms with Gasteiger partial charge in [0.15, 0.2) is 16.8 Å². The molecule has 0 unspecified atom stereocenters. The fourth-order valence-electron chi connectivity index (χ4n) is 1.11. The summed E-state index contributed by atoms with van der Waals surface area (Å²) in [4.78, 5) is 10.2. The van der Waals surface area contributed by atoms with Crippen LogP contribution in [0.3, 0.4) is 0 Å². The molecular weight excluding hydrogens is 266 g/mol. The zero-order valence-electron chi connectivity index (χ0n) is 7.39. The van der Waals surface area contributed by atoms with Gasteiger partial charge in [-0.25, -0.2) is 28.1 Å². The molecule has 0 amide bonds. The van der Waals surface area contributed by atoms with Crippen LogP contribution in [0.5, 0.6) is 0 Å². The van der Waals surface area contributed by atoms with Crippen LogP contribution in [0, 0.1) is 5.82 Å². The molecule has 16 heavy (non-hydrogen) atoms. The van der Waals surface area contributed by atoms with Crippen molar-refractivity contribution in [2.75, 3.05) is 0 Å². The molecule has 2 aromatic heterocycles. The van der Waals surface area contributed by atoms with Crippen LogP contribution in [-0.2, 0) is 0 Å². The highest BCUT2D eigenvalue weighted by molar-refractivity contribution is 6.34. The summed E-state index contributed by atoms with van der Waals surface area (Å²) in [5.74, 6) is -1.84. The molecule has 0 atom stereocenters. The molecule has 0 aliphatic heterocycles. The minimum Gasteiger partial charge on any atom is -0.241 e. The summed E-state index contributed by atoms with van der Waals surface area (Å²) < 4.78 is 38.1. The number of pyridine rings is 1. The summed E-state index contributed by atoms with van der Waals surface area (Å²) in [5.41, 5.74) is -0.365. The topological polar surface area (TPSA) is 38.7 Å². The van der Waals surface area contributed by atoms with Crippen molar-refractivity contribution >= 4 is 34.1 Å². The molecule has 0 aliphatic rings. The second-order valence-electron chi connectivity index (χ2n) is 2.80. The van der Waals surface area contributed by atoms with Crippen LogP contribution in [-0.4, -0.2) is 15.0 Å². The van der Waals surface area contributed by atoms with Gasteiger partial charge in [0.05, 0.1) is 5.39 Å². The van der Waals surface area contributed by atoms with Crippen molar-refractivity contribution in [3.63, 3.8) is 0 Å². The number of nitrogens with zero attached hydrogens (tertiary/aromatic N) is 3. The van der Waals surface area contributed by atoms with E-state index in [0.29, 0.717) is 0 Å². The third-order valence-electron chi connectivity index (χ3n) is 1.81. The molecule has 0 saturated heterocycles. The van der Waals surface area contributed by atoms with Crippen molar-refractivity contribution < 1.29 is 13.2 Å². The number of alkyl halides is 2.